The summed E-state index contributed by atoms with van der Waals surface area (Å²) in [6.07, 6.45) is 9.68. The van der Waals surface area contributed by atoms with E-state index in [2.05, 4.69) is 13.8 Å². The van der Waals surface area contributed by atoms with E-state index in [-0.39, 0.29) is 22.4 Å². The molecule has 4 saturated carbocycles. The molecule has 0 aliphatic heterocycles. The molecule has 198 valence electrons. The highest BCUT2D eigenvalue weighted by molar-refractivity contribution is 8.00. The van der Waals surface area contributed by atoms with E-state index in [4.69, 9.17) is 4.74 Å². The summed E-state index contributed by atoms with van der Waals surface area (Å²) >= 11 is 1.51. The fraction of sp³-hybridized carbons (Fsp3) is 0.759. The number of ether oxygens (including phenoxy) is 1. The van der Waals surface area contributed by atoms with Gasteiger partial charge in [-0.1, -0.05) is 13.8 Å². The van der Waals surface area contributed by atoms with Gasteiger partial charge in [0.1, 0.15) is 5.78 Å². The number of fused-ring (bicyclic) bond motifs is 5. The molecule has 1 aromatic rings. The molecule has 0 bridgehead atoms. The van der Waals surface area contributed by atoms with E-state index in [0.717, 1.165) is 43.4 Å². The van der Waals surface area contributed by atoms with Crippen molar-refractivity contribution in [2.45, 2.75) is 82.1 Å². The second-order valence-corrected chi connectivity index (χ2v) is 13.7. The number of nitro benzene ring substituents is 1. The normalized spacial score (nSPS) is 41.7. The first kappa shape index (κ1) is 26.2. The number of non-ortho nitro benzene ring substituents is 1. The summed E-state index contributed by atoms with van der Waals surface area (Å²) in [7, 11) is 1.69. The van der Waals surface area contributed by atoms with Crippen molar-refractivity contribution in [2.75, 3.05) is 19.5 Å². The quantitative estimate of drug-likeness (QED) is 0.261. The van der Waals surface area contributed by atoms with E-state index in [1.165, 1.54) is 43.2 Å². The van der Waals surface area contributed by atoms with Crippen molar-refractivity contribution in [3.8, 4) is 0 Å². The van der Waals surface area contributed by atoms with E-state index >= 15 is 0 Å². The minimum Gasteiger partial charge on any atom is -0.387 e. The van der Waals surface area contributed by atoms with Gasteiger partial charge in [-0.15, -0.1) is 11.8 Å². The lowest BCUT2D eigenvalue weighted by molar-refractivity contribution is -0.384. The number of benzene rings is 1. The summed E-state index contributed by atoms with van der Waals surface area (Å²) < 4.78 is 5.36. The first-order chi connectivity index (χ1) is 17.1. The van der Waals surface area contributed by atoms with Crippen LogP contribution in [0.25, 0.3) is 0 Å². The predicted octanol–water partition coefficient (Wildman–Crippen LogP) is 6.29. The highest BCUT2D eigenvalue weighted by Gasteiger charge is 2.62. The van der Waals surface area contributed by atoms with Gasteiger partial charge < -0.3 is 9.84 Å². The van der Waals surface area contributed by atoms with Gasteiger partial charge in [0.2, 0.25) is 0 Å². The van der Waals surface area contributed by atoms with Crippen molar-refractivity contribution in [3.63, 3.8) is 0 Å². The minimum atomic E-state index is -0.666. The maximum atomic E-state index is 13.5. The lowest BCUT2D eigenvalue weighted by atomic mass is 9.44. The number of methoxy groups -OCH3 is 1. The first-order valence-corrected chi connectivity index (χ1v) is 14.7. The molecule has 4 aliphatic carbocycles. The molecule has 6 nitrogen and oxygen atoms in total. The number of rotatable bonds is 7. The molecule has 8 atom stereocenters. The van der Waals surface area contributed by atoms with E-state index in [1.807, 2.05) is 0 Å². The molecule has 0 spiro atoms. The van der Waals surface area contributed by atoms with Crippen molar-refractivity contribution >= 4 is 23.2 Å². The van der Waals surface area contributed by atoms with Crippen LogP contribution in [-0.2, 0) is 9.53 Å². The van der Waals surface area contributed by atoms with Crippen LogP contribution in [0.2, 0.25) is 0 Å². The molecule has 0 heterocycles. The average molecular weight is 516 g/mol. The molecule has 4 fully saturated rings. The third-order valence-electron chi connectivity index (χ3n) is 11.1. The van der Waals surface area contributed by atoms with Crippen molar-refractivity contribution in [1.29, 1.82) is 0 Å². The lowest BCUT2D eigenvalue weighted by Gasteiger charge is -2.62. The van der Waals surface area contributed by atoms with Crippen molar-refractivity contribution in [1.82, 2.24) is 0 Å². The van der Waals surface area contributed by atoms with Gasteiger partial charge >= 0.3 is 0 Å². The third kappa shape index (κ3) is 4.43. The minimum absolute atomic E-state index is 0.0818. The van der Waals surface area contributed by atoms with E-state index in [0.29, 0.717) is 41.8 Å². The summed E-state index contributed by atoms with van der Waals surface area (Å²) in [6, 6.07) is 6.52. The molecule has 0 unspecified atom stereocenters. The Kier molecular flexibility index (Phi) is 7.05. The van der Waals surface area contributed by atoms with Gasteiger partial charge in [0.25, 0.3) is 5.69 Å². The highest BCUT2D eigenvalue weighted by Crippen LogP contribution is 2.68. The molecule has 0 aromatic heterocycles. The van der Waals surface area contributed by atoms with Gasteiger partial charge in [-0.05, 0) is 104 Å². The second-order valence-electron chi connectivity index (χ2n) is 12.7. The Balaban J connectivity index is 1.25. The zero-order chi connectivity index (χ0) is 25.7. The van der Waals surface area contributed by atoms with Crippen LogP contribution in [0, 0.1) is 50.5 Å². The first-order valence-electron chi connectivity index (χ1n) is 13.7. The number of Topliss-reactive ketones (excluding diaryl/α,β-unsaturated/α-hetero) is 1. The van der Waals surface area contributed by atoms with Crippen LogP contribution in [-0.4, -0.2) is 40.9 Å². The summed E-state index contributed by atoms with van der Waals surface area (Å²) in [5.74, 6) is 3.49. The largest absolute Gasteiger partial charge is 0.387 e. The maximum Gasteiger partial charge on any atom is 0.269 e. The number of nitrogens with zero attached hydrogens (tertiary/aromatic N) is 1. The number of carbonyl (C=O) groups is 1. The second kappa shape index (κ2) is 9.70. The standard InChI is InChI=1S/C29H41NO5S/c1-27-14-15-29(32,18-35-3)16-19(27)4-9-22-23-10-11-25(28(23,2)13-12-24(22)27)26(31)17-36-21-7-5-20(6-8-21)30(33)34/h5-8,19,22-25,32H,4,9-18H2,1-3H3/t19-,22-,23-,24-,25+,27-,28-,29+/m0/s1. The predicted molar refractivity (Wildman–Crippen MR) is 141 cm³/mol. The zero-order valence-electron chi connectivity index (χ0n) is 21.9. The molecular weight excluding hydrogens is 474 g/mol. The summed E-state index contributed by atoms with van der Waals surface area (Å²) in [4.78, 5) is 24.9. The number of nitro groups is 1. The zero-order valence-corrected chi connectivity index (χ0v) is 22.7. The van der Waals surface area contributed by atoms with Crippen LogP contribution in [0.5, 0.6) is 0 Å². The van der Waals surface area contributed by atoms with Crippen LogP contribution in [0.1, 0.15) is 71.6 Å². The monoisotopic (exact) mass is 515 g/mol. The smallest absolute Gasteiger partial charge is 0.269 e. The topological polar surface area (TPSA) is 89.7 Å². The van der Waals surface area contributed by atoms with Crippen LogP contribution < -0.4 is 0 Å². The molecule has 1 N–H and O–H groups in total. The van der Waals surface area contributed by atoms with Crippen LogP contribution in [0.15, 0.2) is 29.2 Å². The number of hydrogen-bond donors (Lipinski definition) is 1. The van der Waals surface area contributed by atoms with Gasteiger partial charge in [-0.3, -0.25) is 14.9 Å². The SMILES string of the molecule is COC[C@@]1(O)CC[C@@]2(C)[C@@H](CC[C@@H]3[C@@H]2CC[C@]2(C)[C@@H](C(=O)CSc4ccc([N+](=O)[O-])cc4)CC[C@@H]32)C1. The molecule has 7 heteroatoms. The molecule has 1 aromatic carbocycles. The number of thioether (sulfide) groups is 1. The number of ketones is 1. The number of aliphatic hydroxyl groups is 1. The number of hydrogen-bond acceptors (Lipinski definition) is 6. The fourth-order valence-corrected chi connectivity index (χ4v) is 10.0. The Morgan fingerprint density at radius 1 is 1.06 bits per heavy atom. The van der Waals surface area contributed by atoms with Crippen molar-refractivity contribution in [2.24, 2.45) is 40.4 Å². The molecular formula is C29H41NO5S. The van der Waals surface area contributed by atoms with Gasteiger partial charge in [-0.25, -0.2) is 0 Å². The highest BCUT2D eigenvalue weighted by atomic mass is 32.2. The molecule has 0 amide bonds. The summed E-state index contributed by atoms with van der Waals surface area (Å²) in [5, 5.41) is 22.0. The van der Waals surface area contributed by atoms with Gasteiger partial charge in [-0.2, -0.15) is 0 Å². The molecule has 4 aliphatic rings. The Morgan fingerprint density at radius 2 is 1.78 bits per heavy atom. The van der Waals surface area contributed by atoms with Crippen molar-refractivity contribution in [3.05, 3.63) is 34.4 Å². The summed E-state index contributed by atoms with van der Waals surface area (Å²) in [5.41, 5.74) is -0.208. The Labute approximate surface area is 219 Å². The summed E-state index contributed by atoms with van der Waals surface area (Å²) in [6.45, 7) is 5.34. The maximum absolute atomic E-state index is 13.5. The molecule has 5 rings (SSSR count). The van der Waals surface area contributed by atoms with Gasteiger partial charge in [0.05, 0.1) is 22.9 Å². The molecule has 36 heavy (non-hydrogen) atoms. The number of carbonyl (C=O) groups excluding carboxylic acids is 1. The fourth-order valence-electron chi connectivity index (χ4n) is 9.17. The van der Waals surface area contributed by atoms with Crippen LogP contribution in [0.3, 0.4) is 0 Å². The Hall–Kier alpha value is -1.44. The van der Waals surface area contributed by atoms with Crippen LogP contribution >= 0.6 is 11.8 Å². The van der Waals surface area contributed by atoms with Crippen LogP contribution in [0.4, 0.5) is 5.69 Å². The van der Waals surface area contributed by atoms with E-state index in [1.54, 1.807) is 19.2 Å². The molecule has 0 radical (unpaired) electrons. The third-order valence-corrected chi connectivity index (χ3v) is 12.1. The Bertz CT molecular complexity index is 1000. The van der Waals surface area contributed by atoms with Crippen molar-refractivity contribution < 1.29 is 19.6 Å². The molecule has 0 saturated heterocycles. The Morgan fingerprint density at radius 3 is 2.47 bits per heavy atom. The van der Waals surface area contributed by atoms with Gasteiger partial charge in [0.15, 0.2) is 0 Å². The average Bonchev–Trinajstić information content (AvgIpc) is 3.21. The van der Waals surface area contributed by atoms with E-state index in [9.17, 15) is 20.0 Å². The lowest BCUT2D eigenvalue weighted by Crippen LogP contribution is -2.56. The van der Waals surface area contributed by atoms with E-state index < -0.39 is 10.5 Å². The van der Waals surface area contributed by atoms with Gasteiger partial charge in [0, 0.05) is 30.1 Å².